The molecule has 0 aliphatic heterocycles. The number of nitrogens with two attached hydrogens (primary N) is 2. The lowest BCUT2D eigenvalue weighted by molar-refractivity contribution is 0.470. The third kappa shape index (κ3) is 3.34. The number of hydrogen-bond donors (Lipinski definition) is 4. The van der Waals surface area contributed by atoms with Gasteiger partial charge in [0.25, 0.3) is 0 Å². The maximum absolute atomic E-state index is 10.2. The van der Waals surface area contributed by atoms with E-state index in [2.05, 4.69) is 31.1 Å². The summed E-state index contributed by atoms with van der Waals surface area (Å²) in [5, 5.41) is 27.7. The molecule has 0 amide bonds. The third-order valence-electron chi connectivity index (χ3n) is 2.81. The third-order valence-corrected chi connectivity index (χ3v) is 3.66. The van der Waals surface area contributed by atoms with Crippen molar-refractivity contribution in [3.05, 3.63) is 51.8 Å². The van der Waals surface area contributed by atoms with E-state index in [1.807, 2.05) is 6.92 Å². The van der Waals surface area contributed by atoms with E-state index < -0.39 is 0 Å². The van der Waals surface area contributed by atoms with Gasteiger partial charge >= 0.3 is 0 Å². The quantitative estimate of drug-likeness (QED) is 0.373. The first kappa shape index (κ1) is 15.8. The topological polar surface area (TPSA) is 130 Å². The fourth-order valence-electron chi connectivity index (χ4n) is 1.77. The zero-order valence-electron chi connectivity index (χ0n) is 11.7. The lowest BCUT2D eigenvalue weighted by Crippen LogP contribution is -2.22. The number of nitrogens with zero attached hydrogens (tertiary/aromatic N) is 3. The highest BCUT2D eigenvalue weighted by atomic mass is 79.9. The second kappa shape index (κ2) is 6.44. The Hall–Kier alpha value is -2.61. The van der Waals surface area contributed by atoms with Crippen molar-refractivity contribution in [2.24, 2.45) is 21.7 Å². The van der Waals surface area contributed by atoms with Gasteiger partial charge in [-0.2, -0.15) is 0 Å². The molecule has 0 saturated heterocycles. The Morgan fingerprint density at radius 3 is 2.55 bits per heavy atom. The Morgan fingerprint density at radius 2 is 1.91 bits per heavy atom. The highest BCUT2D eigenvalue weighted by molar-refractivity contribution is 9.10. The molecular weight excluding hydrogens is 350 g/mol. The van der Waals surface area contributed by atoms with Crippen molar-refractivity contribution in [1.82, 2.24) is 4.98 Å². The van der Waals surface area contributed by atoms with Gasteiger partial charge in [0.1, 0.15) is 22.9 Å². The minimum absolute atomic E-state index is 0.0321. The maximum Gasteiger partial charge on any atom is 0.211 e. The highest BCUT2D eigenvalue weighted by Gasteiger charge is 2.18. The number of aromatic hydroxyl groups is 2. The van der Waals surface area contributed by atoms with Gasteiger partial charge in [-0.3, -0.25) is 4.98 Å². The first-order valence-corrected chi connectivity index (χ1v) is 7.00. The van der Waals surface area contributed by atoms with Crippen LogP contribution in [0.15, 0.2) is 45.1 Å². The van der Waals surface area contributed by atoms with E-state index in [4.69, 9.17) is 11.5 Å². The Kier molecular flexibility index (Phi) is 4.62. The van der Waals surface area contributed by atoms with E-state index >= 15 is 0 Å². The molecule has 0 radical (unpaired) electrons. The van der Waals surface area contributed by atoms with Crippen molar-refractivity contribution < 1.29 is 10.2 Å². The normalized spacial score (nSPS) is 11.3. The molecule has 0 spiro atoms. The summed E-state index contributed by atoms with van der Waals surface area (Å²) in [6.07, 6.45) is 1.49. The molecule has 0 aliphatic carbocycles. The lowest BCUT2D eigenvalue weighted by Gasteiger charge is -2.10. The number of phenolic OH excluding ortho intramolecular Hbond substituents is 1. The van der Waals surface area contributed by atoms with Crippen molar-refractivity contribution in [3.63, 3.8) is 0 Å². The van der Waals surface area contributed by atoms with Gasteiger partial charge in [0, 0.05) is 16.2 Å². The van der Waals surface area contributed by atoms with Crippen molar-refractivity contribution in [2.75, 3.05) is 0 Å². The SMILES string of the molecule is Cc1cc(O)c(C(=NN=C(N)N)c2ncccc2O)cc1Br. The van der Waals surface area contributed by atoms with Crippen LogP contribution >= 0.6 is 15.9 Å². The average Bonchev–Trinajstić information content (AvgIpc) is 2.45. The molecule has 8 heteroatoms. The number of aryl methyl sites for hydroxylation is 1. The second-order valence-corrected chi connectivity index (χ2v) is 5.32. The molecule has 2 rings (SSSR count). The fourth-order valence-corrected chi connectivity index (χ4v) is 2.12. The maximum atomic E-state index is 10.2. The summed E-state index contributed by atoms with van der Waals surface area (Å²) in [6, 6.07) is 6.24. The molecule has 0 saturated carbocycles. The van der Waals surface area contributed by atoms with Crippen LogP contribution in [-0.4, -0.2) is 26.9 Å². The number of phenols is 1. The van der Waals surface area contributed by atoms with Crippen LogP contribution in [0.5, 0.6) is 11.5 Å². The number of halogens is 1. The molecular formula is C14H14BrN5O2. The van der Waals surface area contributed by atoms with E-state index in [9.17, 15) is 10.2 Å². The van der Waals surface area contributed by atoms with E-state index in [1.54, 1.807) is 18.2 Å². The van der Waals surface area contributed by atoms with Gasteiger partial charge in [0.2, 0.25) is 5.96 Å². The van der Waals surface area contributed by atoms with Gasteiger partial charge in [-0.05, 0) is 36.8 Å². The smallest absolute Gasteiger partial charge is 0.211 e. The molecule has 1 aromatic carbocycles. The summed E-state index contributed by atoms with van der Waals surface area (Å²) in [6.45, 7) is 1.83. The standard InChI is InChI=1S/C14H14BrN5O2/c1-7-5-11(22)8(6-9(7)15)12(19-20-14(16)17)13-10(21)3-2-4-18-13/h2-6,21-22H,1H3,(H4,16,17,20). The monoisotopic (exact) mass is 363 g/mol. The van der Waals surface area contributed by atoms with E-state index in [0.29, 0.717) is 5.56 Å². The van der Waals surface area contributed by atoms with Gasteiger partial charge < -0.3 is 21.7 Å². The van der Waals surface area contributed by atoms with Crippen LogP contribution in [0.1, 0.15) is 16.8 Å². The van der Waals surface area contributed by atoms with Crippen LogP contribution in [0, 0.1) is 6.92 Å². The summed E-state index contributed by atoms with van der Waals surface area (Å²) >= 11 is 3.39. The van der Waals surface area contributed by atoms with Gasteiger partial charge in [-0.1, -0.05) is 15.9 Å². The molecule has 22 heavy (non-hydrogen) atoms. The molecule has 0 unspecified atom stereocenters. The first-order chi connectivity index (χ1) is 10.4. The number of aromatic nitrogens is 1. The van der Waals surface area contributed by atoms with Crippen LogP contribution in [-0.2, 0) is 0 Å². The largest absolute Gasteiger partial charge is 0.507 e. The zero-order chi connectivity index (χ0) is 16.3. The molecule has 1 aromatic heterocycles. The highest BCUT2D eigenvalue weighted by Crippen LogP contribution is 2.29. The molecule has 6 N–H and O–H groups in total. The minimum Gasteiger partial charge on any atom is -0.507 e. The summed E-state index contributed by atoms with van der Waals surface area (Å²) in [5.41, 5.74) is 12.1. The van der Waals surface area contributed by atoms with Crippen LogP contribution in [0.3, 0.4) is 0 Å². The number of hydrogen-bond acceptors (Lipinski definition) is 5. The van der Waals surface area contributed by atoms with E-state index in [1.165, 1.54) is 12.3 Å². The van der Waals surface area contributed by atoms with Crippen LogP contribution in [0.25, 0.3) is 0 Å². The summed E-state index contributed by atoms with van der Waals surface area (Å²) in [7, 11) is 0. The van der Waals surface area contributed by atoms with Crippen LogP contribution < -0.4 is 11.5 Å². The fraction of sp³-hybridized carbons (Fsp3) is 0.0714. The molecule has 2 aromatic rings. The van der Waals surface area contributed by atoms with E-state index in [0.717, 1.165) is 10.0 Å². The number of guanidine groups is 1. The molecule has 0 atom stereocenters. The van der Waals surface area contributed by atoms with Crippen molar-refractivity contribution >= 4 is 27.6 Å². The molecule has 0 aliphatic rings. The summed E-state index contributed by atoms with van der Waals surface area (Å²) < 4.78 is 0.758. The molecule has 7 nitrogen and oxygen atoms in total. The van der Waals surface area contributed by atoms with Crippen molar-refractivity contribution in [3.8, 4) is 11.5 Å². The number of rotatable bonds is 3. The second-order valence-electron chi connectivity index (χ2n) is 4.46. The van der Waals surface area contributed by atoms with Crippen LogP contribution in [0.2, 0.25) is 0 Å². The lowest BCUT2D eigenvalue weighted by atomic mass is 10.0. The number of pyridine rings is 1. The van der Waals surface area contributed by atoms with Crippen LogP contribution in [0.4, 0.5) is 0 Å². The summed E-state index contributed by atoms with van der Waals surface area (Å²) in [4.78, 5) is 4.07. The minimum atomic E-state index is -0.251. The Morgan fingerprint density at radius 1 is 1.18 bits per heavy atom. The molecule has 0 fully saturated rings. The van der Waals surface area contributed by atoms with Crippen molar-refractivity contribution in [2.45, 2.75) is 6.92 Å². The van der Waals surface area contributed by atoms with Gasteiger partial charge in [0.15, 0.2) is 0 Å². The first-order valence-electron chi connectivity index (χ1n) is 6.20. The van der Waals surface area contributed by atoms with Crippen molar-refractivity contribution in [1.29, 1.82) is 0 Å². The van der Waals surface area contributed by atoms with Gasteiger partial charge in [-0.25, -0.2) is 0 Å². The predicted octanol–water partition coefficient (Wildman–Crippen LogP) is 1.59. The Labute approximate surface area is 135 Å². The Balaban J connectivity index is 2.71. The predicted molar refractivity (Wildman–Crippen MR) is 87.9 cm³/mol. The summed E-state index contributed by atoms with van der Waals surface area (Å²) in [5.74, 6) is -0.392. The molecule has 114 valence electrons. The van der Waals surface area contributed by atoms with Gasteiger partial charge in [0.05, 0.1) is 0 Å². The van der Waals surface area contributed by atoms with Gasteiger partial charge in [-0.15, -0.1) is 10.2 Å². The number of benzene rings is 1. The molecule has 0 bridgehead atoms. The van der Waals surface area contributed by atoms with E-state index in [-0.39, 0.29) is 28.9 Å². The molecule has 1 heterocycles. The average molecular weight is 364 g/mol. The zero-order valence-corrected chi connectivity index (χ0v) is 13.2. The Bertz CT molecular complexity index is 770.